The Morgan fingerprint density at radius 2 is 2.17 bits per heavy atom. The van der Waals surface area contributed by atoms with Gasteiger partial charge in [0.15, 0.2) is 0 Å². The third-order valence-electron chi connectivity index (χ3n) is 2.93. The predicted molar refractivity (Wildman–Crippen MR) is 72.2 cm³/mol. The van der Waals surface area contributed by atoms with Gasteiger partial charge < -0.3 is 10.1 Å². The lowest BCUT2D eigenvalue weighted by molar-refractivity contribution is 0.0398. The molecule has 0 radical (unpaired) electrons. The van der Waals surface area contributed by atoms with Crippen LogP contribution in [0.4, 0.5) is 5.95 Å². The number of aromatic nitrogens is 2. The van der Waals surface area contributed by atoms with Gasteiger partial charge in [0.25, 0.3) is 0 Å². The molecule has 0 saturated carbocycles. The zero-order valence-corrected chi connectivity index (χ0v) is 11.4. The van der Waals surface area contributed by atoms with Crippen LogP contribution in [0.2, 0.25) is 5.15 Å². The molecule has 0 unspecified atom stereocenters. The van der Waals surface area contributed by atoms with E-state index in [0.29, 0.717) is 11.1 Å². The summed E-state index contributed by atoms with van der Waals surface area (Å²) in [4.78, 5) is 10.9. The molecule has 1 fully saturated rings. The molecule has 1 aromatic rings. The van der Waals surface area contributed by atoms with E-state index in [1.54, 1.807) is 6.07 Å². The third-order valence-corrected chi connectivity index (χ3v) is 3.12. The molecule has 1 N–H and O–H groups in total. The van der Waals surface area contributed by atoms with Gasteiger partial charge in [0.1, 0.15) is 5.15 Å². The standard InChI is InChI=1S/C12H19ClN4O/c1-2-10-9-11(13)16-12(15-10)14-3-4-17-5-7-18-8-6-17/h9H,2-8H2,1H3,(H,14,15,16). The van der Waals surface area contributed by atoms with E-state index in [4.69, 9.17) is 16.3 Å². The highest BCUT2D eigenvalue weighted by Crippen LogP contribution is 2.10. The highest BCUT2D eigenvalue weighted by Gasteiger charge is 2.09. The molecular weight excluding hydrogens is 252 g/mol. The zero-order chi connectivity index (χ0) is 12.8. The van der Waals surface area contributed by atoms with Gasteiger partial charge in [0.05, 0.1) is 13.2 Å². The maximum absolute atomic E-state index is 5.94. The summed E-state index contributed by atoms with van der Waals surface area (Å²) < 4.78 is 5.31. The van der Waals surface area contributed by atoms with Crippen molar-refractivity contribution >= 4 is 17.5 Å². The Hall–Kier alpha value is -0.910. The summed E-state index contributed by atoms with van der Waals surface area (Å²) >= 11 is 5.94. The van der Waals surface area contributed by atoms with Crippen molar-refractivity contribution in [2.24, 2.45) is 0 Å². The Labute approximate surface area is 113 Å². The van der Waals surface area contributed by atoms with Crippen molar-refractivity contribution in [1.82, 2.24) is 14.9 Å². The van der Waals surface area contributed by atoms with Crippen LogP contribution in [0.3, 0.4) is 0 Å². The topological polar surface area (TPSA) is 50.3 Å². The van der Waals surface area contributed by atoms with Gasteiger partial charge in [0.2, 0.25) is 5.95 Å². The van der Waals surface area contributed by atoms with Crippen LogP contribution in [-0.2, 0) is 11.2 Å². The van der Waals surface area contributed by atoms with Crippen LogP contribution in [0, 0.1) is 0 Å². The minimum Gasteiger partial charge on any atom is -0.379 e. The fourth-order valence-corrected chi connectivity index (χ4v) is 2.08. The number of halogens is 1. The summed E-state index contributed by atoms with van der Waals surface area (Å²) in [6.45, 7) is 7.50. The molecule has 0 amide bonds. The van der Waals surface area contributed by atoms with Gasteiger partial charge in [-0.3, -0.25) is 4.90 Å². The first-order valence-corrected chi connectivity index (χ1v) is 6.73. The molecule has 0 atom stereocenters. The number of nitrogens with one attached hydrogen (secondary N) is 1. The first-order chi connectivity index (χ1) is 8.78. The van der Waals surface area contributed by atoms with Gasteiger partial charge in [-0.05, 0) is 12.5 Å². The monoisotopic (exact) mass is 270 g/mol. The second kappa shape index (κ2) is 6.87. The lowest BCUT2D eigenvalue weighted by Crippen LogP contribution is -2.39. The summed E-state index contributed by atoms with van der Waals surface area (Å²) in [5, 5.41) is 3.71. The zero-order valence-electron chi connectivity index (χ0n) is 10.7. The SMILES string of the molecule is CCc1cc(Cl)nc(NCCN2CCOCC2)n1. The normalized spacial score (nSPS) is 16.8. The van der Waals surface area contributed by atoms with E-state index in [0.717, 1.165) is 51.5 Å². The number of rotatable bonds is 5. The Bertz CT molecular complexity index is 382. The lowest BCUT2D eigenvalue weighted by Gasteiger charge is -2.26. The van der Waals surface area contributed by atoms with Crippen molar-refractivity contribution in [2.45, 2.75) is 13.3 Å². The Kier molecular flexibility index (Phi) is 5.16. The largest absolute Gasteiger partial charge is 0.379 e. The van der Waals surface area contributed by atoms with Crippen LogP contribution in [0.1, 0.15) is 12.6 Å². The van der Waals surface area contributed by atoms with E-state index >= 15 is 0 Å². The Balaban J connectivity index is 1.80. The number of aryl methyl sites for hydroxylation is 1. The molecule has 100 valence electrons. The van der Waals surface area contributed by atoms with E-state index in [1.807, 2.05) is 0 Å². The molecule has 2 heterocycles. The number of nitrogens with zero attached hydrogens (tertiary/aromatic N) is 3. The average Bonchev–Trinajstić information content (AvgIpc) is 2.39. The van der Waals surface area contributed by atoms with Gasteiger partial charge >= 0.3 is 0 Å². The van der Waals surface area contributed by atoms with Crippen LogP contribution >= 0.6 is 11.6 Å². The minimum absolute atomic E-state index is 0.496. The molecule has 0 bridgehead atoms. The second-order valence-electron chi connectivity index (χ2n) is 4.24. The van der Waals surface area contributed by atoms with Crippen LogP contribution in [0.25, 0.3) is 0 Å². The third kappa shape index (κ3) is 4.08. The molecule has 0 aromatic carbocycles. The highest BCUT2D eigenvalue weighted by molar-refractivity contribution is 6.29. The fraction of sp³-hybridized carbons (Fsp3) is 0.667. The maximum atomic E-state index is 5.94. The van der Waals surface area contributed by atoms with Crippen molar-refractivity contribution in [2.75, 3.05) is 44.7 Å². The highest BCUT2D eigenvalue weighted by atomic mass is 35.5. The van der Waals surface area contributed by atoms with Gasteiger partial charge in [0, 0.05) is 31.9 Å². The quantitative estimate of drug-likeness (QED) is 0.821. The van der Waals surface area contributed by atoms with Crippen LogP contribution < -0.4 is 5.32 Å². The summed E-state index contributed by atoms with van der Waals surface area (Å²) in [5.41, 5.74) is 0.962. The van der Waals surface area contributed by atoms with Crippen molar-refractivity contribution in [3.8, 4) is 0 Å². The molecule has 1 aromatic heterocycles. The fourth-order valence-electron chi connectivity index (χ4n) is 1.87. The minimum atomic E-state index is 0.496. The Morgan fingerprint density at radius 1 is 1.39 bits per heavy atom. The number of hydrogen-bond donors (Lipinski definition) is 1. The van der Waals surface area contributed by atoms with Gasteiger partial charge in [-0.1, -0.05) is 18.5 Å². The van der Waals surface area contributed by atoms with Crippen molar-refractivity contribution in [1.29, 1.82) is 0 Å². The number of morpholine rings is 1. The maximum Gasteiger partial charge on any atom is 0.224 e. The summed E-state index contributed by atoms with van der Waals surface area (Å²) in [7, 11) is 0. The second-order valence-corrected chi connectivity index (χ2v) is 4.63. The first kappa shape index (κ1) is 13.5. The smallest absolute Gasteiger partial charge is 0.224 e. The number of hydrogen-bond acceptors (Lipinski definition) is 5. The van der Waals surface area contributed by atoms with E-state index < -0.39 is 0 Å². The van der Waals surface area contributed by atoms with E-state index in [2.05, 4.69) is 27.1 Å². The summed E-state index contributed by atoms with van der Waals surface area (Å²) in [5.74, 6) is 0.618. The number of anilines is 1. The molecular formula is C12H19ClN4O. The summed E-state index contributed by atoms with van der Waals surface area (Å²) in [6, 6.07) is 1.80. The predicted octanol–water partition coefficient (Wildman–Crippen LogP) is 1.44. The van der Waals surface area contributed by atoms with Gasteiger partial charge in [-0.15, -0.1) is 0 Å². The molecule has 2 rings (SSSR count). The van der Waals surface area contributed by atoms with Gasteiger partial charge in [-0.25, -0.2) is 9.97 Å². The molecule has 1 saturated heterocycles. The lowest BCUT2D eigenvalue weighted by atomic mass is 10.3. The van der Waals surface area contributed by atoms with E-state index in [9.17, 15) is 0 Å². The molecule has 0 aliphatic carbocycles. The molecule has 0 spiro atoms. The molecule has 5 nitrogen and oxygen atoms in total. The summed E-state index contributed by atoms with van der Waals surface area (Å²) in [6.07, 6.45) is 0.861. The van der Waals surface area contributed by atoms with Crippen molar-refractivity contribution < 1.29 is 4.74 Å². The molecule has 6 heteroatoms. The molecule has 18 heavy (non-hydrogen) atoms. The van der Waals surface area contributed by atoms with Crippen molar-refractivity contribution in [3.05, 3.63) is 16.9 Å². The average molecular weight is 271 g/mol. The molecule has 1 aliphatic rings. The molecule has 1 aliphatic heterocycles. The van der Waals surface area contributed by atoms with E-state index in [-0.39, 0.29) is 0 Å². The van der Waals surface area contributed by atoms with Gasteiger partial charge in [-0.2, -0.15) is 0 Å². The van der Waals surface area contributed by atoms with E-state index in [1.165, 1.54) is 0 Å². The van der Waals surface area contributed by atoms with Crippen LogP contribution in [0.15, 0.2) is 6.07 Å². The number of ether oxygens (including phenoxy) is 1. The van der Waals surface area contributed by atoms with Crippen LogP contribution in [-0.4, -0.2) is 54.3 Å². The van der Waals surface area contributed by atoms with Crippen LogP contribution in [0.5, 0.6) is 0 Å². The van der Waals surface area contributed by atoms with Crippen molar-refractivity contribution in [3.63, 3.8) is 0 Å². The first-order valence-electron chi connectivity index (χ1n) is 6.35. The Morgan fingerprint density at radius 3 is 2.89 bits per heavy atom.